The summed E-state index contributed by atoms with van der Waals surface area (Å²) >= 11 is 0. The lowest BCUT2D eigenvalue weighted by Gasteiger charge is -2.14. The maximum atomic E-state index is 11.1. The molecular weight excluding hydrogens is 160 g/mol. The van der Waals surface area contributed by atoms with Crippen molar-refractivity contribution in [2.45, 2.75) is 26.9 Å². The number of hydrogen-bond donors (Lipinski definition) is 2. The highest BCUT2D eigenvalue weighted by atomic mass is 16.4. The summed E-state index contributed by atoms with van der Waals surface area (Å²) in [6.07, 6.45) is -1.17. The fourth-order valence-electron chi connectivity index (χ4n) is 0.706. The summed E-state index contributed by atoms with van der Waals surface area (Å²) in [6, 6.07) is 0. The van der Waals surface area contributed by atoms with E-state index in [1.807, 2.05) is 0 Å². The van der Waals surface area contributed by atoms with E-state index < -0.39 is 23.8 Å². The Morgan fingerprint density at radius 3 is 1.83 bits per heavy atom. The summed E-state index contributed by atoms with van der Waals surface area (Å²) in [6.45, 7) is 4.60. The third-order valence-corrected chi connectivity index (χ3v) is 1.72. The molecule has 0 aliphatic rings. The molecule has 0 fully saturated rings. The van der Waals surface area contributed by atoms with Crippen molar-refractivity contribution in [1.29, 1.82) is 0 Å². The summed E-state index contributed by atoms with van der Waals surface area (Å²) in [4.78, 5) is 21.4. The summed E-state index contributed by atoms with van der Waals surface area (Å²) in [5.41, 5.74) is 0. The third kappa shape index (κ3) is 2.62. The number of ketones is 1. The Kier molecular flexibility index (Phi) is 3.89. The van der Waals surface area contributed by atoms with Crippen LogP contribution in [0.1, 0.15) is 20.8 Å². The largest absolute Gasteiger partial charge is 0.481 e. The fourth-order valence-corrected chi connectivity index (χ4v) is 0.706. The Morgan fingerprint density at radius 1 is 1.17 bits per heavy atom. The van der Waals surface area contributed by atoms with Gasteiger partial charge in [-0.25, -0.2) is 0 Å². The zero-order valence-corrected chi connectivity index (χ0v) is 7.44. The van der Waals surface area contributed by atoms with Gasteiger partial charge in [-0.1, -0.05) is 13.8 Å². The van der Waals surface area contributed by atoms with Gasteiger partial charge in [0.2, 0.25) is 0 Å². The molecule has 0 aromatic carbocycles. The number of aliphatic hydroxyl groups excluding tert-OH is 1. The molecule has 0 saturated heterocycles. The van der Waals surface area contributed by atoms with Gasteiger partial charge < -0.3 is 10.2 Å². The number of carboxylic acid groups (broad SMARTS) is 1. The molecule has 70 valence electrons. The average molecular weight is 174 g/mol. The molecule has 4 nitrogen and oxygen atoms in total. The first-order valence-electron chi connectivity index (χ1n) is 3.82. The van der Waals surface area contributed by atoms with Crippen LogP contribution in [0.25, 0.3) is 0 Å². The van der Waals surface area contributed by atoms with Crippen molar-refractivity contribution in [2.75, 3.05) is 0 Å². The van der Waals surface area contributed by atoms with Crippen molar-refractivity contribution in [3.8, 4) is 0 Å². The Labute approximate surface area is 71.2 Å². The highest BCUT2D eigenvalue weighted by Crippen LogP contribution is 2.08. The van der Waals surface area contributed by atoms with Crippen molar-refractivity contribution >= 4 is 11.8 Å². The first-order valence-corrected chi connectivity index (χ1v) is 3.82. The number of carbonyl (C=O) groups excluding carboxylic acids is 1. The number of Topliss-reactive ketones (excluding diaryl/α,β-unsaturated/α-hetero) is 1. The van der Waals surface area contributed by atoms with E-state index in [0.29, 0.717) is 0 Å². The highest BCUT2D eigenvalue weighted by Gasteiger charge is 2.28. The molecule has 2 unspecified atom stereocenters. The van der Waals surface area contributed by atoms with Crippen LogP contribution in [0.4, 0.5) is 0 Å². The van der Waals surface area contributed by atoms with E-state index >= 15 is 0 Å². The molecule has 2 N–H and O–H groups in total. The van der Waals surface area contributed by atoms with Gasteiger partial charge in [-0.05, 0) is 12.8 Å². The van der Waals surface area contributed by atoms with Gasteiger partial charge in [-0.2, -0.15) is 0 Å². The Bertz CT molecular complexity index is 185. The minimum atomic E-state index is -1.19. The second-order valence-corrected chi connectivity index (χ2v) is 3.15. The molecule has 0 rings (SSSR count). The molecule has 0 saturated carbocycles. The Hall–Kier alpha value is -0.900. The lowest BCUT2D eigenvalue weighted by Crippen LogP contribution is -2.34. The van der Waals surface area contributed by atoms with Crippen molar-refractivity contribution in [2.24, 2.45) is 11.8 Å². The maximum absolute atomic E-state index is 11.1. The molecule has 0 amide bonds. The SMILES string of the molecule is CC(C(=O)O)C(=O)C(O)C(C)C. The van der Waals surface area contributed by atoms with Gasteiger partial charge in [-0.3, -0.25) is 9.59 Å². The third-order valence-electron chi connectivity index (χ3n) is 1.72. The van der Waals surface area contributed by atoms with E-state index in [-0.39, 0.29) is 5.92 Å². The zero-order chi connectivity index (χ0) is 9.89. The molecule has 0 heterocycles. The van der Waals surface area contributed by atoms with Crippen LogP contribution in [-0.4, -0.2) is 28.1 Å². The standard InChI is InChI=1S/C8H14O4/c1-4(2)6(9)7(10)5(3)8(11)12/h4-6,9H,1-3H3,(H,11,12). The van der Waals surface area contributed by atoms with Crippen LogP contribution in [0, 0.1) is 11.8 Å². The average Bonchev–Trinajstić information content (AvgIpc) is 2.00. The van der Waals surface area contributed by atoms with Gasteiger partial charge >= 0.3 is 5.97 Å². The van der Waals surface area contributed by atoms with Gasteiger partial charge in [0, 0.05) is 0 Å². The van der Waals surface area contributed by atoms with E-state index in [9.17, 15) is 14.7 Å². The Morgan fingerprint density at radius 2 is 1.58 bits per heavy atom. The van der Waals surface area contributed by atoms with Gasteiger partial charge in [0.1, 0.15) is 12.0 Å². The summed E-state index contributed by atoms with van der Waals surface area (Å²) < 4.78 is 0. The molecule has 0 spiro atoms. The molecule has 0 bridgehead atoms. The quantitative estimate of drug-likeness (QED) is 0.601. The first kappa shape index (κ1) is 11.1. The minimum absolute atomic E-state index is 0.237. The predicted molar refractivity (Wildman–Crippen MR) is 42.7 cm³/mol. The first-order chi connectivity index (χ1) is 5.37. The maximum Gasteiger partial charge on any atom is 0.313 e. The molecule has 0 aliphatic carbocycles. The number of rotatable bonds is 4. The normalized spacial score (nSPS) is 15.8. The molecule has 4 heteroatoms. The van der Waals surface area contributed by atoms with E-state index in [4.69, 9.17) is 5.11 Å². The molecule has 0 aliphatic heterocycles. The topological polar surface area (TPSA) is 74.6 Å². The van der Waals surface area contributed by atoms with E-state index in [1.54, 1.807) is 13.8 Å². The van der Waals surface area contributed by atoms with Crippen LogP contribution in [0.5, 0.6) is 0 Å². The van der Waals surface area contributed by atoms with E-state index in [0.717, 1.165) is 0 Å². The van der Waals surface area contributed by atoms with Crippen molar-refractivity contribution in [3.63, 3.8) is 0 Å². The van der Waals surface area contributed by atoms with Crippen LogP contribution in [-0.2, 0) is 9.59 Å². The molecule has 0 aromatic rings. The monoisotopic (exact) mass is 174 g/mol. The molecule has 2 atom stereocenters. The van der Waals surface area contributed by atoms with Gasteiger partial charge in [0.15, 0.2) is 5.78 Å². The van der Waals surface area contributed by atoms with Crippen LogP contribution in [0.2, 0.25) is 0 Å². The lowest BCUT2D eigenvalue weighted by atomic mass is 9.95. The second kappa shape index (κ2) is 4.21. The predicted octanol–water partition coefficient (Wildman–Crippen LogP) is 0.293. The minimum Gasteiger partial charge on any atom is -0.481 e. The van der Waals surface area contributed by atoms with Crippen LogP contribution >= 0.6 is 0 Å². The molecule has 12 heavy (non-hydrogen) atoms. The number of aliphatic hydroxyl groups is 1. The van der Waals surface area contributed by atoms with Crippen molar-refractivity contribution in [1.82, 2.24) is 0 Å². The van der Waals surface area contributed by atoms with Gasteiger partial charge in [0.05, 0.1) is 0 Å². The fraction of sp³-hybridized carbons (Fsp3) is 0.750. The van der Waals surface area contributed by atoms with E-state index in [1.165, 1.54) is 6.92 Å². The van der Waals surface area contributed by atoms with Crippen molar-refractivity contribution < 1.29 is 19.8 Å². The summed E-state index contributed by atoms with van der Waals surface area (Å²) in [5, 5.41) is 17.7. The Balaban J connectivity index is 4.29. The van der Waals surface area contributed by atoms with Gasteiger partial charge in [0.25, 0.3) is 0 Å². The van der Waals surface area contributed by atoms with Crippen LogP contribution in [0.3, 0.4) is 0 Å². The second-order valence-electron chi connectivity index (χ2n) is 3.15. The zero-order valence-electron chi connectivity index (χ0n) is 7.44. The van der Waals surface area contributed by atoms with Crippen molar-refractivity contribution in [3.05, 3.63) is 0 Å². The highest BCUT2D eigenvalue weighted by molar-refractivity contribution is 6.00. The number of carboxylic acids is 1. The van der Waals surface area contributed by atoms with Crippen LogP contribution in [0.15, 0.2) is 0 Å². The molecule has 0 aromatic heterocycles. The van der Waals surface area contributed by atoms with E-state index in [2.05, 4.69) is 0 Å². The number of hydrogen-bond acceptors (Lipinski definition) is 3. The van der Waals surface area contributed by atoms with Gasteiger partial charge in [-0.15, -0.1) is 0 Å². The summed E-state index contributed by atoms with van der Waals surface area (Å²) in [5.74, 6) is -3.18. The smallest absolute Gasteiger partial charge is 0.313 e. The number of carbonyl (C=O) groups is 2. The molecule has 0 radical (unpaired) electrons. The molecular formula is C8H14O4. The number of aliphatic carboxylic acids is 1. The lowest BCUT2D eigenvalue weighted by molar-refractivity contribution is -0.149. The summed E-state index contributed by atoms with van der Waals surface area (Å²) in [7, 11) is 0. The van der Waals surface area contributed by atoms with Crippen LogP contribution < -0.4 is 0 Å².